The second kappa shape index (κ2) is 56.1. The van der Waals surface area contributed by atoms with E-state index in [9.17, 15) is 19.0 Å². The molecule has 0 saturated heterocycles. The van der Waals surface area contributed by atoms with Gasteiger partial charge in [-0.25, -0.2) is 4.57 Å². The fourth-order valence-corrected chi connectivity index (χ4v) is 8.63. The van der Waals surface area contributed by atoms with E-state index in [2.05, 4.69) is 135 Å². The van der Waals surface area contributed by atoms with Crippen LogP contribution < -0.4 is 0 Å². The van der Waals surface area contributed by atoms with Gasteiger partial charge >= 0.3 is 19.8 Å². The van der Waals surface area contributed by atoms with Gasteiger partial charge in [0, 0.05) is 12.8 Å². The molecule has 1 N–H and O–H groups in total. The number of carbonyl (C=O) groups is 2. The van der Waals surface area contributed by atoms with Crippen LogP contribution in [-0.2, 0) is 32.7 Å². The Morgan fingerprint density at radius 1 is 0.408 bits per heavy atom. The third kappa shape index (κ3) is 59.7. The third-order valence-corrected chi connectivity index (χ3v) is 13.5. The average Bonchev–Trinajstić information content (AvgIpc) is 3.38. The first-order valence-electron chi connectivity index (χ1n) is 30.3. The molecule has 10 heteroatoms. The van der Waals surface area contributed by atoms with E-state index < -0.39 is 26.5 Å². The van der Waals surface area contributed by atoms with Crippen LogP contribution in [0.2, 0.25) is 0 Å². The minimum Gasteiger partial charge on any atom is -0.462 e. The molecule has 0 bridgehead atoms. The smallest absolute Gasteiger partial charge is 0.462 e. The summed E-state index contributed by atoms with van der Waals surface area (Å²) in [6.07, 6.45) is 79.8. The Bertz CT molecular complexity index is 1700. The van der Waals surface area contributed by atoms with Crippen molar-refractivity contribution in [2.24, 2.45) is 0 Å². The minimum absolute atomic E-state index is 0.0235. The molecule has 0 rings (SSSR count). The van der Waals surface area contributed by atoms with E-state index in [1.165, 1.54) is 89.9 Å². The predicted molar refractivity (Wildman–Crippen MR) is 325 cm³/mol. The Labute approximate surface area is 467 Å². The van der Waals surface area contributed by atoms with E-state index in [0.717, 1.165) is 109 Å². The predicted octanol–water partition coefficient (Wildman–Crippen LogP) is 19.1. The Kier molecular flexibility index (Phi) is 53.5. The summed E-state index contributed by atoms with van der Waals surface area (Å²) in [6.45, 7) is 4.19. The largest absolute Gasteiger partial charge is 0.472 e. The van der Waals surface area contributed by atoms with Crippen molar-refractivity contribution in [1.29, 1.82) is 0 Å². The number of likely N-dealkylation sites (N-methyl/N-ethyl adjacent to an activating group) is 1. The molecule has 0 aliphatic heterocycles. The van der Waals surface area contributed by atoms with Gasteiger partial charge in [-0.1, -0.05) is 238 Å². The van der Waals surface area contributed by atoms with E-state index in [0.29, 0.717) is 17.4 Å². The first-order chi connectivity index (χ1) is 37.0. The van der Waals surface area contributed by atoms with Gasteiger partial charge in [0.05, 0.1) is 27.7 Å². The molecule has 9 nitrogen and oxygen atoms in total. The van der Waals surface area contributed by atoms with Gasteiger partial charge in [0.1, 0.15) is 19.8 Å². The monoisotopic (exact) mass is 1080 g/mol. The molecule has 0 aliphatic rings. The molecule has 0 fully saturated rings. The number of quaternary nitrogens is 1. The number of nitrogens with zero attached hydrogens (tertiary/aromatic N) is 1. The maximum absolute atomic E-state index is 12.8. The second-order valence-electron chi connectivity index (χ2n) is 21.0. The van der Waals surface area contributed by atoms with Crippen LogP contribution in [0.4, 0.5) is 0 Å². The number of carbonyl (C=O) groups excluding carboxylic acids is 2. The van der Waals surface area contributed by atoms with E-state index >= 15 is 0 Å². The Morgan fingerprint density at radius 2 is 0.711 bits per heavy atom. The molecule has 76 heavy (non-hydrogen) atoms. The molecule has 0 amide bonds. The summed E-state index contributed by atoms with van der Waals surface area (Å²) in [7, 11) is 1.46. The van der Waals surface area contributed by atoms with Crippen molar-refractivity contribution in [3.05, 3.63) is 122 Å². The van der Waals surface area contributed by atoms with Crippen LogP contribution in [0.15, 0.2) is 122 Å². The summed E-state index contributed by atoms with van der Waals surface area (Å²) < 4.78 is 34.6. The molecule has 0 radical (unpaired) electrons. The maximum atomic E-state index is 12.8. The number of phosphoric acid groups is 1. The summed E-state index contributed by atoms with van der Waals surface area (Å²) in [4.78, 5) is 35.8. The quantitative estimate of drug-likeness (QED) is 0.0211. The van der Waals surface area contributed by atoms with Crippen LogP contribution in [0, 0.1) is 0 Å². The van der Waals surface area contributed by atoms with Crippen molar-refractivity contribution >= 4 is 19.8 Å². The second-order valence-corrected chi connectivity index (χ2v) is 22.4. The lowest BCUT2D eigenvalue weighted by atomic mass is 10.0. The van der Waals surface area contributed by atoms with Gasteiger partial charge in [-0.05, 0) is 103 Å². The van der Waals surface area contributed by atoms with Gasteiger partial charge in [-0.2, -0.15) is 0 Å². The highest BCUT2D eigenvalue weighted by molar-refractivity contribution is 7.47. The number of esters is 2. The average molecular weight is 1080 g/mol. The molecule has 0 aromatic rings. The molecule has 434 valence electrons. The van der Waals surface area contributed by atoms with Crippen molar-refractivity contribution in [2.45, 2.75) is 238 Å². The highest BCUT2D eigenvalue weighted by atomic mass is 31.2. The number of ether oxygens (including phenoxy) is 2. The fourth-order valence-electron chi connectivity index (χ4n) is 7.89. The first-order valence-corrected chi connectivity index (χ1v) is 31.8. The molecule has 0 aliphatic carbocycles. The summed E-state index contributed by atoms with van der Waals surface area (Å²) in [5.74, 6) is -0.814. The van der Waals surface area contributed by atoms with Crippen molar-refractivity contribution in [3.8, 4) is 0 Å². The van der Waals surface area contributed by atoms with Gasteiger partial charge in [0.25, 0.3) is 0 Å². The molecule has 0 heterocycles. The summed E-state index contributed by atoms with van der Waals surface area (Å²) in [5, 5.41) is 0. The Hall–Kier alpha value is -3.59. The topological polar surface area (TPSA) is 108 Å². The Morgan fingerprint density at radius 3 is 1.05 bits per heavy atom. The van der Waals surface area contributed by atoms with Crippen LogP contribution in [0.1, 0.15) is 232 Å². The van der Waals surface area contributed by atoms with Gasteiger partial charge in [0.15, 0.2) is 6.10 Å². The molecule has 0 aromatic carbocycles. The molecule has 2 atom stereocenters. The number of allylic oxidation sites excluding steroid dienone is 20. The van der Waals surface area contributed by atoms with E-state index in [4.69, 9.17) is 18.5 Å². The van der Waals surface area contributed by atoms with E-state index in [1.807, 2.05) is 21.1 Å². The van der Waals surface area contributed by atoms with Crippen molar-refractivity contribution in [3.63, 3.8) is 0 Å². The summed E-state index contributed by atoms with van der Waals surface area (Å²) in [5.41, 5.74) is 0. The van der Waals surface area contributed by atoms with Crippen molar-refractivity contribution < 1.29 is 42.1 Å². The lowest BCUT2D eigenvalue weighted by Gasteiger charge is -2.24. The van der Waals surface area contributed by atoms with Gasteiger partial charge < -0.3 is 18.9 Å². The molecular formula is C66H113NO8P+. The van der Waals surface area contributed by atoms with Crippen LogP contribution in [0.3, 0.4) is 0 Å². The molecule has 0 saturated carbocycles. The zero-order valence-corrected chi connectivity index (χ0v) is 50.1. The molecular weight excluding hydrogens is 966 g/mol. The van der Waals surface area contributed by atoms with E-state index in [1.54, 1.807) is 0 Å². The number of hydrogen-bond donors (Lipinski definition) is 1. The number of rotatable bonds is 54. The number of hydrogen-bond acceptors (Lipinski definition) is 7. The lowest BCUT2D eigenvalue weighted by molar-refractivity contribution is -0.870. The highest BCUT2D eigenvalue weighted by Gasteiger charge is 2.27. The van der Waals surface area contributed by atoms with Crippen LogP contribution >= 0.6 is 7.82 Å². The van der Waals surface area contributed by atoms with Gasteiger partial charge in [-0.3, -0.25) is 18.6 Å². The van der Waals surface area contributed by atoms with Gasteiger partial charge in [0.2, 0.25) is 0 Å². The molecule has 0 aromatic heterocycles. The van der Waals surface area contributed by atoms with Crippen LogP contribution in [-0.4, -0.2) is 74.9 Å². The Balaban J connectivity index is 4.20. The zero-order chi connectivity index (χ0) is 55.6. The van der Waals surface area contributed by atoms with Crippen molar-refractivity contribution in [2.75, 3.05) is 47.5 Å². The molecule has 0 spiro atoms. The lowest BCUT2D eigenvalue weighted by Crippen LogP contribution is -2.37. The first kappa shape index (κ1) is 72.4. The number of phosphoric ester groups is 1. The van der Waals surface area contributed by atoms with Crippen LogP contribution in [0.5, 0.6) is 0 Å². The maximum Gasteiger partial charge on any atom is 0.472 e. The fraction of sp³-hybridized carbons (Fsp3) is 0.667. The zero-order valence-electron chi connectivity index (χ0n) is 49.2. The highest BCUT2D eigenvalue weighted by Crippen LogP contribution is 2.43. The summed E-state index contributed by atoms with van der Waals surface area (Å²) in [6, 6.07) is 0. The van der Waals surface area contributed by atoms with Gasteiger partial charge in [-0.15, -0.1) is 0 Å². The number of unbranched alkanes of at least 4 members (excludes halogenated alkanes) is 20. The SMILES string of the molecule is CC/C=C\C/C=C\C/C=C\C/C=C\C/C=C\C/C=C\CCCCCCCCCCC(=O)OC(COC(=O)CCCCCCCCCCCCCC/C=C\C/C=C\C/C=C\C/C=C\CC)COP(=O)(O)OCC[N+](C)(C)C. The van der Waals surface area contributed by atoms with Crippen molar-refractivity contribution in [1.82, 2.24) is 0 Å². The van der Waals surface area contributed by atoms with E-state index in [-0.39, 0.29) is 32.0 Å². The third-order valence-electron chi connectivity index (χ3n) is 12.5. The standard InChI is InChI=1S/C66H112NO8P/c1-6-8-10-12-14-16-18-20-22-24-26-28-30-32-33-35-37-39-41-43-45-47-49-51-53-55-57-59-66(69)75-64(63-74-76(70,71)73-61-60-67(3,4)5)62-72-65(68)58-56-54-52-50-48-46-44-42-40-38-36-34-31-29-27-25-23-21-19-17-15-13-11-9-7-2/h8-11,14-17,20-23,26-29,32-33,37,39,64H,6-7,12-13,18-19,24-25,30-31,34-36,38,40-63H2,1-5H3/p+1/b10-8-,11-9-,16-14-,17-15-,22-20-,23-21-,28-26-,29-27-,33-32-,39-37-. The normalized spacial score (nSPS) is 14.1. The minimum atomic E-state index is -4.40. The molecule has 2 unspecified atom stereocenters. The summed E-state index contributed by atoms with van der Waals surface area (Å²) >= 11 is 0. The van der Waals surface area contributed by atoms with Crippen LogP contribution in [0.25, 0.3) is 0 Å².